The Morgan fingerprint density at radius 2 is 1.95 bits per heavy atom. The molecule has 0 aromatic heterocycles. The predicted molar refractivity (Wildman–Crippen MR) is 82.2 cm³/mol. The van der Waals surface area contributed by atoms with Crippen LogP contribution in [0.15, 0.2) is 0 Å². The predicted octanol–water partition coefficient (Wildman–Crippen LogP) is 0.888. The molecular formula is C16H29N3O2. The maximum atomic E-state index is 12.8. The fraction of sp³-hybridized carbons (Fsp3) is 0.938. The summed E-state index contributed by atoms with van der Waals surface area (Å²) in [6.45, 7) is 6.95. The average Bonchev–Trinajstić information content (AvgIpc) is 2.98. The van der Waals surface area contributed by atoms with Gasteiger partial charge in [-0.1, -0.05) is 0 Å². The number of hydrogen-bond acceptors (Lipinski definition) is 4. The van der Waals surface area contributed by atoms with Gasteiger partial charge in [0.2, 0.25) is 5.91 Å². The maximum absolute atomic E-state index is 12.8. The van der Waals surface area contributed by atoms with Gasteiger partial charge in [0.25, 0.3) is 0 Å². The van der Waals surface area contributed by atoms with Crippen molar-refractivity contribution in [3.63, 3.8) is 0 Å². The van der Waals surface area contributed by atoms with Gasteiger partial charge >= 0.3 is 0 Å². The molecule has 0 radical (unpaired) electrons. The number of nitrogens with zero attached hydrogens (tertiary/aromatic N) is 1. The summed E-state index contributed by atoms with van der Waals surface area (Å²) in [5.41, 5.74) is -0.0717. The molecule has 0 saturated carbocycles. The molecule has 3 rings (SSSR count). The third-order valence-corrected chi connectivity index (χ3v) is 5.40. The van der Waals surface area contributed by atoms with Crippen LogP contribution in [0.5, 0.6) is 0 Å². The van der Waals surface area contributed by atoms with E-state index in [4.69, 9.17) is 4.74 Å². The first-order chi connectivity index (χ1) is 10.2. The van der Waals surface area contributed by atoms with E-state index in [0.717, 1.165) is 58.5 Å². The molecule has 0 aliphatic carbocycles. The van der Waals surface area contributed by atoms with Crippen LogP contribution in [-0.4, -0.2) is 61.3 Å². The molecule has 3 saturated heterocycles. The van der Waals surface area contributed by atoms with Crippen LogP contribution in [0.3, 0.4) is 0 Å². The quantitative estimate of drug-likeness (QED) is 0.812. The van der Waals surface area contributed by atoms with Gasteiger partial charge in [0, 0.05) is 24.8 Å². The molecular weight excluding hydrogens is 266 g/mol. The lowest BCUT2D eigenvalue weighted by Gasteiger charge is -2.39. The lowest BCUT2D eigenvalue weighted by Crippen LogP contribution is -2.56. The Balaban J connectivity index is 1.59. The summed E-state index contributed by atoms with van der Waals surface area (Å²) in [5, 5.41) is 6.74. The molecule has 1 amide bonds. The van der Waals surface area contributed by atoms with Gasteiger partial charge in [-0.05, 0) is 65.1 Å². The number of carbonyl (C=O) groups excluding carboxylic acids is 1. The van der Waals surface area contributed by atoms with Crippen molar-refractivity contribution in [2.24, 2.45) is 0 Å². The van der Waals surface area contributed by atoms with Crippen LogP contribution >= 0.6 is 0 Å². The van der Waals surface area contributed by atoms with Crippen LogP contribution in [0.4, 0.5) is 0 Å². The third-order valence-electron chi connectivity index (χ3n) is 5.40. The van der Waals surface area contributed by atoms with E-state index in [2.05, 4.69) is 22.5 Å². The van der Waals surface area contributed by atoms with Gasteiger partial charge in [0.15, 0.2) is 0 Å². The molecule has 120 valence electrons. The highest BCUT2D eigenvalue weighted by molar-refractivity contribution is 5.82. The minimum atomic E-state index is -0.0717. The molecule has 0 spiro atoms. The largest absolute Gasteiger partial charge is 0.381 e. The molecule has 0 aromatic carbocycles. The Bertz CT molecular complexity index is 363. The lowest BCUT2D eigenvalue weighted by atomic mass is 9.92. The molecule has 3 fully saturated rings. The smallest absolute Gasteiger partial charge is 0.237 e. The van der Waals surface area contributed by atoms with Crippen molar-refractivity contribution in [3.05, 3.63) is 0 Å². The van der Waals surface area contributed by atoms with Crippen LogP contribution < -0.4 is 10.6 Å². The first-order valence-electron chi connectivity index (χ1n) is 8.54. The number of carbonyl (C=O) groups is 1. The fourth-order valence-electron chi connectivity index (χ4n) is 3.97. The van der Waals surface area contributed by atoms with Gasteiger partial charge in [0.1, 0.15) is 0 Å². The van der Waals surface area contributed by atoms with Crippen LogP contribution in [0, 0.1) is 0 Å². The molecule has 3 aliphatic heterocycles. The first kappa shape index (κ1) is 15.3. The highest BCUT2D eigenvalue weighted by Gasteiger charge is 2.38. The number of ether oxygens (including phenoxy) is 1. The summed E-state index contributed by atoms with van der Waals surface area (Å²) >= 11 is 0. The maximum Gasteiger partial charge on any atom is 0.237 e. The van der Waals surface area contributed by atoms with Gasteiger partial charge in [-0.2, -0.15) is 0 Å². The zero-order valence-electron chi connectivity index (χ0n) is 13.2. The Labute approximate surface area is 127 Å². The zero-order valence-corrected chi connectivity index (χ0v) is 13.2. The van der Waals surface area contributed by atoms with E-state index in [-0.39, 0.29) is 17.5 Å². The number of piperidine rings is 1. The summed E-state index contributed by atoms with van der Waals surface area (Å²) in [6, 6.07) is 0.680. The van der Waals surface area contributed by atoms with Crippen molar-refractivity contribution in [1.82, 2.24) is 15.5 Å². The summed E-state index contributed by atoms with van der Waals surface area (Å²) in [7, 11) is 0. The Morgan fingerprint density at radius 1 is 1.24 bits per heavy atom. The summed E-state index contributed by atoms with van der Waals surface area (Å²) in [5.74, 6) is 0.246. The number of likely N-dealkylation sites (tertiary alicyclic amines) is 1. The Kier molecular flexibility index (Phi) is 4.82. The topological polar surface area (TPSA) is 53.6 Å². The highest BCUT2D eigenvalue weighted by Crippen LogP contribution is 2.26. The molecule has 1 unspecified atom stereocenters. The van der Waals surface area contributed by atoms with E-state index in [1.807, 2.05) is 0 Å². The Hall–Kier alpha value is -0.650. The van der Waals surface area contributed by atoms with E-state index in [9.17, 15) is 4.79 Å². The van der Waals surface area contributed by atoms with Gasteiger partial charge in [-0.3, -0.25) is 9.69 Å². The van der Waals surface area contributed by atoms with Crippen molar-refractivity contribution in [3.8, 4) is 0 Å². The fourth-order valence-corrected chi connectivity index (χ4v) is 3.97. The molecule has 1 atom stereocenters. The van der Waals surface area contributed by atoms with Crippen molar-refractivity contribution in [1.29, 1.82) is 0 Å². The summed E-state index contributed by atoms with van der Waals surface area (Å²) in [4.78, 5) is 15.2. The van der Waals surface area contributed by atoms with Crippen LogP contribution in [0.2, 0.25) is 0 Å². The van der Waals surface area contributed by atoms with E-state index < -0.39 is 0 Å². The number of rotatable bonds is 3. The molecule has 21 heavy (non-hydrogen) atoms. The second kappa shape index (κ2) is 6.63. The molecule has 3 heterocycles. The van der Waals surface area contributed by atoms with Gasteiger partial charge in [-0.15, -0.1) is 0 Å². The minimum absolute atomic E-state index is 0.0717. The standard InChI is InChI=1S/C16H29N3O2/c1-16(6-11-21-12-7-16)18-15(20)14-3-2-10-19(14)13-4-8-17-9-5-13/h13-14,17H,2-12H2,1H3,(H,18,20). The lowest BCUT2D eigenvalue weighted by molar-refractivity contribution is -0.129. The van der Waals surface area contributed by atoms with E-state index in [1.165, 1.54) is 12.8 Å². The van der Waals surface area contributed by atoms with E-state index in [1.54, 1.807) is 0 Å². The molecule has 0 aromatic rings. The normalized spacial score (nSPS) is 31.2. The molecule has 3 aliphatic rings. The first-order valence-corrected chi connectivity index (χ1v) is 8.54. The zero-order chi connectivity index (χ0) is 14.7. The second-order valence-corrected chi connectivity index (χ2v) is 7.04. The van der Waals surface area contributed by atoms with Gasteiger partial charge in [-0.25, -0.2) is 0 Å². The van der Waals surface area contributed by atoms with Gasteiger partial charge < -0.3 is 15.4 Å². The highest BCUT2D eigenvalue weighted by atomic mass is 16.5. The van der Waals surface area contributed by atoms with E-state index >= 15 is 0 Å². The number of nitrogens with one attached hydrogen (secondary N) is 2. The van der Waals surface area contributed by atoms with Crippen LogP contribution in [0.25, 0.3) is 0 Å². The van der Waals surface area contributed by atoms with E-state index in [0.29, 0.717) is 6.04 Å². The average molecular weight is 295 g/mol. The van der Waals surface area contributed by atoms with Gasteiger partial charge in [0.05, 0.1) is 6.04 Å². The van der Waals surface area contributed by atoms with Crippen molar-refractivity contribution in [2.45, 2.75) is 63.1 Å². The molecule has 2 N–H and O–H groups in total. The third kappa shape index (κ3) is 3.58. The number of amides is 1. The molecule has 5 heteroatoms. The summed E-state index contributed by atoms with van der Waals surface area (Å²) < 4.78 is 5.42. The number of hydrogen-bond donors (Lipinski definition) is 2. The SMILES string of the molecule is CC1(NC(=O)C2CCCN2C2CCNCC2)CCOCC1. The van der Waals surface area contributed by atoms with Crippen molar-refractivity contribution < 1.29 is 9.53 Å². The van der Waals surface area contributed by atoms with Crippen LogP contribution in [0.1, 0.15) is 45.4 Å². The second-order valence-electron chi connectivity index (χ2n) is 7.04. The Morgan fingerprint density at radius 3 is 2.67 bits per heavy atom. The monoisotopic (exact) mass is 295 g/mol. The van der Waals surface area contributed by atoms with Crippen molar-refractivity contribution in [2.75, 3.05) is 32.8 Å². The molecule has 5 nitrogen and oxygen atoms in total. The molecule has 0 bridgehead atoms. The minimum Gasteiger partial charge on any atom is -0.381 e. The van der Waals surface area contributed by atoms with Crippen molar-refractivity contribution >= 4 is 5.91 Å². The van der Waals surface area contributed by atoms with Crippen LogP contribution in [-0.2, 0) is 9.53 Å². The summed E-state index contributed by atoms with van der Waals surface area (Å²) in [6.07, 6.45) is 6.38.